The average molecular weight is 333 g/mol. The van der Waals surface area contributed by atoms with Crippen molar-refractivity contribution in [3.63, 3.8) is 0 Å². The summed E-state index contributed by atoms with van der Waals surface area (Å²) in [6.07, 6.45) is 1.68. The van der Waals surface area contributed by atoms with Gasteiger partial charge in [0.1, 0.15) is 19.3 Å². The number of hydrogen-bond acceptors (Lipinski definition) is 4. The molecule has 2 heterocycles. The molecule has 1 aromatic heterocycles. The normalized spacial score (nSPS) is 14.7. The number of benzene rings is 1. The van der Waals surface area contributed by atoms with Gasteiger partial charge in [0.05, 0.1) is 36.5 Å². The Morgan fingerprint density at radius 1 is 1.09 bits per heavy atom. The molecule has 0 bridgehead atoms. The first-order valence-electron chi connectivity index (χ1n) is 7.53. The van der Waals surface area contributed by atoms with Gasteiger partial charge in [-0.1, -0.05) is 23.7 Å². The maximum atomic E-state index is 11.5. The highest BCUT2D eigenvalue weighted by Gasteiger charge is 2.24. The van der Waals surface area contributed by atoms with Crippen molar-refractivity contribution in [3.05, 3.63) is 53.2 Å². The maximum absolute atomic E-state index is 11.5. The molecule has 0 saturated carbocycles. The van der Waals surface area contributed by atoms with Gasteiger partial charge in [0.2, 0.25) is 0 Å². The Balaban J connectivity index is 1.65. The second-order valence-electron chi connectivity index (χ2n) is 5.38. The number of piperazine rings is 1. The summed E-state index contributed by atoms with van der Waals surface area (Å²) in [5, 5.41) is 0.787. The Kier molecular flexibility index (Phi) is 4.67. The predicted octanol–water partition coefficient (Wildman–Crippen LogP) is 2.27. The van der Waals surface area contributed by atoms with Crippen molar-refractivity contribution in [1.29, 1.82) is 0 Å². The van der Waals surface area contributed by atoms with Crippen LogP contribution in [0.4, 0.5) is 11.5 Å². The minimum atomic E-state index is -0.337. The second kappa shape index (κ2) is 6.87. The van der Waals surface area contributed by atoms with Gasteiger partial charge >= 0.3 is 5.97 Å². The van der Waals surface area contributed by atoms with E-state index >= 15 is 0 Å². The number of aromatic amines is 1. The Morgan fingerprint density at radius 3 is 2.39 bits per heavy atom. The molecule has 1 N–H and O–H groups in total. The Morgan fingerprint density at radius 2 is 1.78 bits per heavy atom. The highest BCUT2D eigenvalue weighted by molar-refractivity contribution is 6.33. The van der Waals surface area contributed by atoms with Crippen LogP contribution in [0, 0.1) is 0 Å². The molecule has 0 atom stereocenters. The molecule has 6 heteroatoms. The molecular formula is C17H19ClN3O2+. The zero-order chi connectivity index (χ0) is 16.2. The highest BCUT2D eigenvalue weighted by atomic mass is 35.5. The first-order chi connectivity index (χ1) is 11.2. The fourth-order valence-electron chi connectivity index (χ4n) is 2.75. The van der Waals surface area contributed by atoms with Gasteiger partial charge in [0.25, 0.3) is 5.82 Å². The molecule has 1 aliphatic heterocycles. The van der Waals surface area contributed by atoms with E-state index in [1.165, 1.54) is 7.11 Å². The number of H-pyrrole nitrogens is 1. The Hall–Kier alpha value is -2.27. The van der Waals surface area contributed by atoms with Crippen LogP contribution in [0.3, 0.4) is 0 Å². The van der Waals surface area contributed by atoms with Crippen LogP contribution in [0.25, 0.3) is 0 Å². The van der Waals surface area contributed by atoms with Crippen LogP contribution >= 0.6 is 11.6 Å². The average Bonchev–Trinajstić information content (AvgIpc) is 2.62. The minimum absolute atomic E-state index is 0.337. The molecule has 120 valence electrons. The summed E-state index contributed by atoms with van der Waals surface area (Å²) in [6.45, 7) is 3.57. The van der Waals surface area contributed by atoms with Crippen molar-refractivity contribution < 1.29 is 14.5 Å². The number of pyridine rings is 1. The predicted molar refractivity (Wildman–Crippen MR) is 90.2 cm³/mol. The van der Waals surface area contributed by atoms with Crippen LogP contribution < -0.4 is 14.8 Å². The number of rotatable bonds is 3. The van der Waals surface area contributed by atoms with Crippen LogP contribution in [0.2, 0.25) is 5.02 Å². The lowest BCUT2D eigenvalue weighted by molar-refractivity contribution is -0.364. The molecule has 0 unspecified atom stereocenters. The molecular weight excluding hydrogens is 314 g/mol. The van der Waals surface area contributed by atoms with Gasteiger partial charge in [-0.2, -0.15) is 0 Å². The van der Waals surface area contributed by atoms with Gasteiger partial charge < -0.3 is 9.64 Å². The Bertz CT molecular complexity index is 682. The van der Waals surface area contributed by atoms with Gasteiger partial charge in [-0.05, 0) is 18.2 Å². The molecule has 1 saturated heterocycles. The summed E-state index contributed by atoms with van der Waals surface area (Å²) in [5.41, 5.74) is 1.60. The molecule has 0 radical (unpaired) electrons. The minimum Gasteiger partial charge on any atom is -0.465 e. The standard InChI is InChI=1S/C17H18ClN3O2/c1-23-17(22)13-6-7-16(19-12-13)21-10-8-20(9-11-21)15-5-3-2-4-14(15)18/h2-7,12H,8-11H2,1H3/p+1. The van der Waals surface area contributed by atoms with E-state index in [2.05, 4.69) is 20.9 Å². The molecule has 23 heavy (non-hydrogen) atoms. The summed E-state index contributed by atoms with van der Waals surface area (Å²) in [6, 6.07) is 11.6. The van der Waals surface area contributed by atoms with Crippen LogP contribution in [0.15, 0.2) is 42.6 Å². The number of carbonyl (C=O) groups excluding carboxylic acids is 1. The van der Waals surface area contributed by atoms with Crippen LogP contribution in [-0.4, -0.2) is 39.3 Å². The van der Waals surface area contributed by atoms with E-state index in [-0.39, 0.29) is 5.97 Å². The van der Waals surface area contributed by atoms with E-state index < -0.39 is 0 Å². The summed E-state index contributed by atoms with van der Waals surface area (Å²) >= 11 is 6.27. The molecule has 0 amide bonds. The Labute approximate surface area is 140 Å². The second-order valence-corrected chi connectivity index (χ2v) is 5.79. The molecule has 1 aromatic carbocycles. The van der Waals surface area contributed by atoms with E-state index in [9.17, 15) is 4.79 Å². The fourth-order valence-corrected chi connectivity index (χ4v) is 3.01. The topological polar surface area (TPSA) is 46.9 Å². The van der Waals surface area contributed by atoms with Crippen LogP contribution in [0.1, 0.15) is 10.4 Å². The zero-order valence-corrected chi connectivity index (χ0v) is 13.7. The van der Waals surface area contributed by atoms with E-state index in [1.807, 2.05) is 24.3 Å². The van der Waals surface area contributed by atoms with Crippen LogP contribution in [0.5, 0.6) is 0 Å². The summed E-state index contributed by atoms with van der Waals surface area (Å²) in [5.74, 6) is 0.660. The van der Waals surface area contributed by atoms with Crippen molar-refractivity contribution in [3.8, 4) is 0 Å². The molecule has 0 spiro atoms. The quantitative estimate of drug-likeness (QED) is 0.809. The van der Waals surface area contributed by atoms with Gasteiger partial charge in [0.15, 0.2) is 0 Å². The number of nitrogens with one attached hydrogen (secondary N) is 1. The third kappa shape index (κ3) is 3.40. The van der Waals surface area contributed by atoms with Crippen molar-refractivity contribution in [2.24, 2.45) is 0 Å². The van der Waals surface area contributed by atoms with Crippen molar-refractivity contribution in [1.82, 2.24) is 0 Å². The van der Waals surface area contributed by atoms with Crippen LogP contribution in [-0.2, 0) is 4.74 Å². The SMILES string of the molecule is COC(=O)c1ccc(N2CCN(c3ccccc3Cl)CC2)[nH+]c1. The summed E-state index contributed by atoms with van der Waals surface area (Å²) in [4.78, 5) is 19.2. The zero-order valence-electron chi connectivity index (χ0n) is 13.0. The third-order valence-corrected chi connectivity index (χ3v) is 4.35. The third-order valence-electron chi connectivity index (χ3n) is 4.03. The number of esters is 1. The van der Waals surface area contributed by atoms with E-state index in [0.29, 0.717) is 5.56 Å². The number of para-hydroxylation sites is 1. The molecule has 1 aliphatic rings. The number of aromatic nitrogens is 1. The van der Waals surface area contributed by atoms with E-state index in [4.69, 9.17) is 16.3 Å². The molecule has 1 fully saturated rings. The number of ether oxygens (including phenoxy) is 1. The first kappa shape index (κ1) is 15.6. The molecule has 5 nitrogen and oxygen atoms in total. The van der Waals surface area contributed by atoms with Gasteiger partial charge in [-0.15, -0.1) is 0 Å². The lowest BCUT2D eigenvalue weighted by atomic mass is 10.2. The monoisotopic (exact) mass is 332 g/mol. The van der Waals surface area contributed by atoms with Gasteiger partial charge in [-0.25, -0.2) is 9.78 Å². The first-order valence-corrected chi connectivity index (χ1v) is 7.91. The number of nitrogens with zero attached hydrogens (tertiary/aromatic N) is 2. The number of halogens is 1. The number of methoxy groups -OCH3 is 1. The smallest absolute Gasteiger partial charge is 0.341 e. The number of anilines is 2. The van der Waals surface area contributed by atoms with Crippen molar-refractivity contribution in [2.75, 3.05) is 43.1 Å². The lowest BCUT2D eigenvalue weighted by Crippen LogP contribution is -2.48. The fraction of sp³-hybridized carbons (Fsp3) is 0.294. The largest absolute Gasteiger partial charge is 0.465 e. The van der Waals surface area contributed by atoms with E-state index in [1.54, 1.807) is 12.3 Å². The molecule has 3 rings (SSSR count). The van der Waals surface area contributed by atoms with Gasteiger partial charge in [-0.3, -0.25) is 4.90 Å². The number of hydrogen-bond donors (Lipinski definition) is 0. The number of carbonyl (C=O) groups is 1. The highest BCUT2D eigenvalue weighted by Crippen LogP contribution is 2.26. The van der Waals surface area contributed by atoms with Gasteiger partial charge in [0, 0.05) is 6.07 Å². The molecule has 2 aromatic rings. The van der Waals surface area contributed by atoms with E-state index in [0.717, 1.165) is 42.7 Å². The molecule has 0 aliphatic carbocycles. The maximum Gasteiger partial charge on any atom is 0.341 e. The summed E-state index contributed by atoms with van der Waals surface area (Å²) < 4.78 is 4.70. The lowest BCUT2D eigenvalue weighted by Gasteiger charge is -2.33. The van der Waals surface area contributed by atoms with Crippen molar-refractivity contribution in [2.45, 2.75) is 0 Å². The summed E-state index contributed by atoms with van der Waals surface area (Å²) in [7, 11) is 1.38. The van der Waals surface area contributed by atoms with Crippen molar-refractivity contribution >= 4 is 29.1 Å².